The van der Waals surface area contributed by atoms with Crippen molar-refractivity contribution in [3.8, 4) is 0 Å². The third-order valence-corrected chi connectivity index (χ3v) is 3.30. The maximum Gasteiger partial charge on any atom is 0.0958 e. The van der Waals surface area contributed by atoms with Gasteiger partial charge >= 0.3 is 0 Å². The molecule has 15 heavy (non-hydrogen) atoms. The normalized spacial score (nSPS) is 18.2. The summed E-state index contributed by atoms with van der Waals surface area (Å²) in [6.07, 6.45) is 4.59. The van der Waals surface area contributed by atoms with Crippen LogP contribution in [0.2, 0.25) is 0 Å². The molecule has 0 spiro atoms. The van der Waals surface area contributed by atoms with Gasteiger partial charge in [0.25, 0.3) is 0 Å². The molecule has 1 saturated carbocycles. The fraction of sp³-hybridized carbons (Fsp3) is 0.417. The Morgan fingerprint density at radius 3 is 3.00 bits per heavy atom. The third kappa shape index (κ3) is 1.48. The van der Waals surface area contributed by atoms with Crippen LogP contribution in [0.5, 0.6) is 0 Å². The number of imidazole rings is 1. The van der Waals surface area contributed by atoms with Crippen LogP contribution in [-0.2, 0) is 6.54 Å². The molecular formula is C12H15N3. The summed E-state index contributed by atoms with van der Waals surface area (Å²) in [5.74, 6) is 0. The Morgan fingerprint density at radius 1 is 1.47 bits per heavy atom. The van der Waals surface area contributed by atoms with E-state index in [2.05, 4.69) is 22.5 Å². The molecule has 0 aliphatic heterocycles. The number of benzene rings is 1. The molecule has 1 aliphatic rings. The highest BCUT2D eigenvalue weighted by atomic mass is 15.1. The summed E-state index contributed by atoms with van der Waals surface area (Å²) >= 11 is 0. The van der Waals surface area contributed by atoms with E-state index in [9.17, 15) is 0 Å². The molecule has 1 aromatic heterocycles. The van der Waals surface area contributed by atoms with Gasteiger partial charge in [0.05, 0.1) is 17.4 Å². The average molecular weight is 201 g/mol. The molecule has 2 aromatic rings. The molecule has 1 fully saturated rings. The molecule has 0 radical (unpaired) electrons. The van der Waals surface area contributed by atoms with Crippen LogP contribution < -0.4 is 5.73 Å². The molecule has 3 rings (SSSR count). The van der Waals surface area contributed by atoms with E-state index in [0.29, 0.717) is 5.41 Å². The van der Waals surface area contributed by atoms with Gasteiger partial charge in [-0.05, 0) is 36.5 Å². The number of nitrogens with two attached hydrogens (primary N) is 1. The summed E-state index contributed by atoms with van der Waals surface area (Å²) in [7, 11) is 0. The Bertz CT molecular complexity index is 509. The lowest BCUT2D eigenvalue weighted by Gasteiger charge is -2.09. The van der Waals surface area contributed by atoms with Gasteiger partial charge in [-0.1, -0.05) is 6.92 Å². The number of rotatable bonds is 2. The molecule has 0 saturated heterocycles. The fourth-order valence-electron chi connectivity index (χ4n) is 1.99. The molecular weight excluding hydrogens is 186 g/mol. The summed E-state index contributed by atoms with van der Waals surface area (Å²) < 4.78 is 2.24. The number of aromatic nitrogens is 2. The van der Waals surface area contributed by atoms with E-state index in [-0.39, 0.29) is 0 Å². The van der Waals surface area contributed by atoms with Crippen molar-refractivity contribution in [1.29, 1.82) is 0 Å². The number of nitrogen functional groups attached to an aromatic ring is 1. The number of hydrogen-bond acceptors (Lipinski definition) is 2. The first-order valence-corrected chi connectivity index (χ1v) is 5.37. The molecule has 2 N–H and O–H groups in total. The van der Waals surface area contributed by atoms with Crippen LogP contribution in [0.3, 0.4) is 0 Å². The first kappa shape index (κ1) is 8.77. The van der Waals surface area contributed by atoms with E-state index in [4.69, 9.17) is 5.73 Å². The number of nitrogens with zero attached hydrogens (tertiary/aromatic N) is 2. The zero-order chi connectivity index (χ0) is 10.5. The van der Waals surface area contributed by atoms with E-state index in [1.165, 1.54) is 18.4 Å². The molecule has 1 aromatic carbocycles. The summed E-state index contributed by atoms with van der Waals surface area (Å²) in [4.78, 5) is 4.37. The summed E-state index contributed by atoms with van der Waals surface area (Å²) in [5, 5.41) is 0. The van der Waals surface area contributed by atoms with Crippen molar-refractivity contribution in [2.45, 2.75) is 26.3 Å². The van der Waals surface area contributed by atoms with Gasteiger partial charge in [0.1, 0.15) is 0 Å². The minimum absolute atomic E-state index is 0.509. The molecule has 78 valence electrons. The van der Waals surface area contributed by atoms with Crippen LogP contribution in [0, 0.1) is 5.41 Å². The first-order valence-electron chi connectivity index (χ1n) is 5.37. The maximum atomic E-state index is 5.72. The van der Waals surface area contributed by atoms with Crippen LogP contribution in [0.25, 0.3) is 11.0 Å². The van der Waals surface area contributed by atoms with Gasteiger partial charge in [-0.15, -0.1) is 0 Å². The summed E-state index contributed by atoms with van der Waals surface area (Å²) in [6, 6.07) is 5.93. The van der Waals surface area contributed by atoms with Crippen molar-refractivity contribution in [2.24, 2.45) is 5.41 Å². The maximum absolute atomic E-state index is 5.72. The van der Waals surface area contributed by atoms with Crippen molar-refractivity contribution in [1.82, 2.24) is 9.55 Å². The van der Waals surface area contributed by atoms with E-state index >= 15 is 0 Å². The second kappa shape index (κ2) is 2.75. The molecule has 0 unspecified atom stereocenters. The first-order chi connectivity index (χ1) is 7.16. The number of anilines is 1. The highest BCUT2D eigenvalue weighted by Crippen LogP contribution is 2.46. The van der Waals surface area contributed by atoms with Crippen LogP contribution in [0.4, 0.5) is 5.69 Å². The number of fused-ring (bicyclic) bond motifs is 1. The Kier molecular flexibility index (Phi) is 1.61. The van der Waals surface area contributed by atoms with Crippen LogP contribution in [0.15, 0.2) is 24.5 Å². The van der Waals surface area contributed by atoms with Gasteiger partial charge in [0.2, 0.25) is 0 Å². The smallest absolute Gasteiger partial charge is 0.0958 e. The largest absolute Gasteiger partial charge is 0.399 e. The Balaban J connectivity index is 2.04. The lowest BCUT2D eigenvalue weighted by Crippen LogP contribution is -2.06. The highest BCUT2D eigenvalue weighted by Gasteiger charge is 2.37. The van der Waals surface area contributed by atoms with Crippen molar-refractivity contribution >= 4 is 16.7 Å². The SMILES string of the molecule is CC1(Cn2cnc3cc(N)ccc32)CC1. The van der Waals surface area contributed by atoms with Crippen LogP contribution in [-0.4, -0.2) is 9.55 Å². The average Bonchev–Trinajstić information content (AvgIpc) is 2.79. The molecule has 0 amide bonds. The van der Waals surface area contributed by atoms with E-state index in [1.807, 2.05) is 18.5 Å². The Hall–Kier alpha value is -1.51. The molecule has 0 bridgehead atoms. The van der Waals surface area contributed by atoms with Crippen molar-refractivity contribution in [2.75, 3.05) is 5.73 Å². The summed E-state index contributed by atoms with van der Waals surface area (Å²) in [5.41, 5.74) is 9.21. The standard InChI is InChI=1S/C12H15N3/c1-12(4-5-12)7-15-8-14-10-6-9(13)2-3-11(10)15/h2-3,6,8H,4-5,7,13H2,1H3. The minimum atomic E-state index is 0.509. The van der Waals surface area contributed by atoms with Gasteiger partial charge in [-0.2, -0.15) is 0 Å². The molecule has 3 nitrogen and oxygen atoms in total. The lowest BCUT2D eigenvalue weighted by atomic mass is 10.1. The zero-order valence-corrected chi connectivity index (χ0v) is 8.90. The van der Waals surface area contributed by atoms with Gasteiger partial charge in [0, 0.05) is 12.2 Å². The van der Waals surface area contributed by atoms with Crippen molar-refractivity contribution < 1.29 is 0 Å². The Morgan fingerprint density at radius 2 is 2.27 bits per heavy atom. The Labute approximate surface area is 88.9 Å². The lowest BCUT2D eigenvalue weighted by molar-refractivity contribution is 0.472. The van der Waals surface area contributed by atoms with Gasteiger partial charge < -0.3 is 10.3 Å². The summed E-state index contributed by atoms with van der Waals surface area (Å²) in [6.45, 7) is 3.41. The molecule has 1 aliphatic carbocycles. The minimum Gasteiger partial charge on any atom is -0.399 e. The highest BCUT2D eigenvalue weighted by molar-refractivity contribution is 5.78. The quantitative estimate of drug-likeness (QED) is 0.758. The van der Waals surface area contributed by atoms with Crippen molar-refractivity contribution in [3.63, 3.8) is 0 Å². The fourth-order valence-corrected chi connectivity index (χ4v) is 1.99. The van der Waals surface area contributed by atoms with E-state index < -0.39 is 0 Å². The predicted molar refractivity (Wildman–Crippen MR) is 61.5 cm³/mol. The second-order valence-electron chi connectivity index (χ2n) is 4.93. The van der Waals surface area contributed by atoms with E-state index in [0.717, 1.165) is 17.7 Å². The molecule has 1 heterocycles. The van der Waals surface area contributed by atoms with Crippen LogP contribution >= 0.6 is 0 Å². The van der Waals surface area contributed by atoms with Crippen molar-refractivity contribution in [3.05, 3.63) is 24.5 Å². The van der Waals surface area contributed by atoms with E-state index in [1.54, 1.807) is 0 Å². The zero-order valence-electron chi connectivity index (χ0n) is 8.90. The third-order valence-electron chi connectivity index (χ3n) is 3.30. The second-order valence-corrected chi connectivity index (χ2v) is 4.93. The van der Waals surface area contributed by atoms with Gasteiger partial charge in [-0.25, -0.2) is 4.98 Å². The monoisotopic (exact) mass is 201 g/mol. The molecule has 0 atom stereocenters. The molecule has 3 heteroatoms. The van der Waals surface area contributed by atoms with Crippen LogP contribution in [0.1, 0.15) is 19.8 Å². The predicted octanol–water partition coefficient (Wildman–Crippen LogP) is 2.42. The number of hydrogen-bond donors (Lipinski definition) is 1. The topological polar surface area (TPSA) is 43.8 Å². The van der Waals surface area contributed by atoms with Gasteiger partial charge in [0.15, 0.2) is 0 Å². The van der Waals surface area contributed by atoms with Gasteiger partial charge in [-0.3, -0.25) is 0 Å².